The second kappa shape index (κ2) is 5.47. The number of carbonyl (C=O) groups is 1. The van der Waals surface area contributed by atoms with E-state index in [1.54, 1.807) is 13.0 Å². The molecule has 0 amide bonds. The summed E-state index contributed by atoms with van der Waals surface area (Å²) in [6.07, 6.45) is 1.88. The van der Waals surface area contributed by atoms with E-state index in [0.29, 0.717) is 18.4 Å². The van der Waals surface area contributed by atoms with E-state index >= 15 is 0 Å². The minimum Gasteiger partial charge on any atom is -0.461 e. The molecule has 1 aliphatic carbocycles. The minimum absolute atomic E-state index is 0.260. The van der Waals surface area contributed by atoms with E-state index < -0.39 is 12.2 Å². The molecule has 19 heavy (non-hydrogen) atoms. The molecule has 0 aromatic heterocycles. The average molecular weight is 266 g/mol. The van der Waals surface area contributed by atoms with Gasteiger partial charge in [0, 0.05) is 12.3 Å². The van der Waals surface area contributed by atoms with E-state index in [1.807, 2.05) is 6.92 Å². The molecule has 1 fully saturated rings. The number of hydrogen-bond acceptors (Lipinski definition) is 4. The van der Waals surface area contributed by atoms with Crippen molar-refractivity contribution in [1.82, 2.24) is 0 Å². The summed E-state index contributed by atoms with van der Waals surface area (Å²) in [6.45, 7) is 7.60. The molecule has 5 atom stereocenters. The predicted molar refractivity (Wildman–Crippen MR) is 71.3 cm³/mol. The number of fused-ring (bicyclic) bond motifs is 1. The molecule has 0 aromatic rings. The Balaban J connectivity index is 2.30. The third kappa shape index (κ3) is 2.90. The van der Waals surface area contributed by atoms with Crippen LogP contribution >= 0.6 is 0 Å². The Labute approximate surface area is 113 Å². The first kappa shape index (κ1) is 14.3. The molecule has 1 aliphatic heterocycles. The van der Waals surface area contributed by atoms with Crippen molar-refractivity contribution in [3.8, 4) is 0 Å². The van der Waals surface area contributed by atoms with Crippen LogP contribution in [0.1, 0.15) is 33.1 Å². The van der Waals surface area contributed by atoms with Crippen molar-refractivity contribution in [2.24, 2.45) is 11.8 Å². The summed E-state index contributed by atoms with van der Waals surface area (Å²) in [5.41, 5.74) is 1.70. The number of esters is 1. The van der Waals surface area contributed by atoms with E-state index in [1.165, 1.54) is 0 Å². The van der Waals surface area contributed by atoms with Gasteiger partial charge in [0.1, 0.15) is 6.10 Å². The maximum Gasteiger partial charge on any atom is 0.309 e. The fraction of sp³-hybridized carbons (Fsp3) is 0.667. The molecule has 0 saturated carbocycles. The summed E-state index contributed by atoms with van der Waals surface area (Å²) >= 11 is 0. The Kier molecular flexibility index (Phi) is 4.11. The molecule has 2 aliphatic rings. The normalized spacial score (nSPS) is 43.2. The first-order valence-electron chi connectivity index (χ1n) is 6.81. The van der Waals surface area contributed by atoms with Crippen molar-refractivity contribution in [2.75, 3.05) is 0 Å². The van der Waals surface area contributed by atoms with Crippen molar-refractivity contribution in [3.05, 3.63) is 23.8 Å². The van der Waals surface area contributed by atoms with Crippen LogP contribution in [0.2, 0.25) is 0 Å². The second-order valence-electron chi connectivity index (χ2n) is 5.76. The van der Waals surface area contributed by atoms with Gasteiger partial charge in [-0.25, -0.2) is 0 Å². The van der Waals surface area contributed by atoms with Crippen LogP contribution in [-0.4, -0.2) is 34.5 Å². The highest BCUT2D eigenvalue weighted by atomic mass is 16.6. The molecule has 1 unspecified atom stereocenters. The SMILES string of the molecule is C=C1C[C@@H]2OC(=O)[C@H](C)C2[C@H](O)/C=C(/C)CC[C@H]1O. The molecule has 4 heteroatoms. The van der Waals surface area contributed by atoms with Crippen LogP contribution in [-0.2, 0) is 9.53 Å². The molecule has 2 rings (SSSR count). The van der Waals surface area contributed by atoms with Gasteiger partial charge in [0.05, 0.1) is 18.1 Å². The van der Waals surface area contributed by atoms with Crippen LogP contribution in [0.5, 0.6) is 0 Å². The highest BCUT2D eigenvalue weighted by molar-refractivity contribution is 5.75. The Morgan fingerprint density at radius 3 is 2.79 bits per heavy atom. The molecule has 4 nitrogen and oxygen atoms in total. The highest BCUT2D eigenvalue weighted by Crippen LogP contribution is 2.36. The van der Waals surface area contributed by atoms with Crippen molar-refractivity contribution in [3.63, 3.8) is 0 Å². The molecule has 0 radical (unpaired) electrons. The standard InChI is InChI=1S/C15H22O4/c1-8-4-5-11(16)9(2)7-13-14(12(17)6-8)10(3)15(18)19-13/h6,10-14,16-17H,2,4-5,7H2,1,3H3/b8-6-/t10-,11-,12-,13+,14?/m1/s1. The number of hydrogen-bond donors (Lipinski definition) is 2. The molecular formula is C15H22O4. The first-order chi connectivity index (χ1) is 8.90. The van der Waals surface area contributed by atoms with Gasteiger partial charge in [0.15, 0.2) is 0 Å². The van der Waals surface area contributed by atoms with Gasteiger partial charge in [0.2, 0.25) is 0 Å². The maximum atomic E-state index is 11.7. The third-order valence-electron chi connectivity index (χ3n) is 4.24. The molecule has 1 heterocycles. The number of carbonyl (C=O) groups excluding carboxylic acids is 1. The zero-order chi connectivity index (χ0) is 14.2. The molecule has 1 saturated heterocycles. The Morgan fingerprint density at radius 2 is 2.11 bits per heavy atom. The molecule has 2 N–H and O–H groups in total. The van der Waals surface area contributed by atoms with Crippen LogP contribution < -0.4 is 0 Å². The Morgan fingerprint density at radius 1 is 1.42 bits per heavy atom. The van der Waals surface area contributed by atoms with Crippen LogP contribution in [0.4, 0.5) is 0 Å². The summed E-state index contributed by atoms with van der Waals surface area (Å²) in [6, 6.07) is 0. The fourth-order valence-corrected chi connectivity index (χ4v) is 2.96. The van der Waals surface area contributed by atoms with Crippen molar-refractivity contribution >= 4 is 5.97 Å². The quantitative estimate of drug-likeness (QED) is 0.516. The Hall–Kier alpha value is -1.13. The molecule has 0 bridgehead atoms. The van der Waals surface area contributed by atoms with Gasteiger partial charge >= 0.3 is 5.97 Å². The third-order valence-corrected chi connectivity index (χ3v) is 4.24. The monoisotopic (exact) mass is 266 g/mol. The van der Waals surface area contributed by atoms with Crippen LogP contribution in [0.25, 0.3) is 0 Å². The largest absolute Gasteiger partial charge is 0.461 e. The van der Waals surface area contributed by atoms with E-state index in [0.717, 1.165) is 12.0 Å². The molecule has 106 valence electrons. The van der Waals surface area contributed by atoms with Gasteiger partial charge in [0.25, 0.3) is 0 Å². The van der Waals surface area contributed by atoms with Crippen LogP contribution in [0.15, 0.2) is 23.8 Å². The lowest BCUT2D eigenvalue weighted by Gasteiger charge is -2.26. The zero-order valence-corrected chi connectivity index (χ0v) is 11.5. The second-order valence-corrected chi connectivity index (χ2v) is 5.76. The lowest BCUT2D eigenvalue weighted by Crippen LogP contribution is -2.32. The summed E-state index contributed by atoms with van der Waals surface area (Å²) in [5.74, 6) is -0.862. The van der Waals surface area contributed by atoms with Gasteiger partial charge < -0.3 is 14.9 Å². The summed E-state index contributed by atoms with van der Waals surface area (Å²) in [7, 11) is 0. The maximum absolute atomic E-state index is 11.7. The summed E-state index contributed by atoms with van der Waals surface area (Å²) in [4.78, 5) is 11.7. The lowest BCUT2D eigenvalue weighted by molar-refractivity contribution is -0.143. The number of ether oxygens (including phenoxy) is 1. The Bertz CT molecular complexity index is 412. The summed E-state index contributed by atoms with van der Waals surface area (Å²) < 4.78 is 5.33. The van der Waals surface area contributed by atoms with E-state index in [4.69, 9.17) is 4.74 Å². The van der Waals surface area contributed by atoms with Gasteiger partial charge in [-0.1, -0.05) is 25.2 Å². The molecule has 0 aromatic carbocycles. The molecule has 0 spiro atoms. The van der Waals surface area contributed by atoms with E-state index in [2.05, 4.69) is 6.58 Å². The topological polar surface area (TPSA) is 66.8 Å². The van der Waals surface area contributed by atoms with Crippen molar-refractivity contribution < 1.29 is 19.7 Å². The van der Waals surface area contributed by atoms with Gasteiger partial charge in [-0.15, -0.1) is 0 Å². The van der Waals surface area contributed by atoms with Gasteiger partial charge in [-0.05, 0) is 25.3 Å². The smallest absolute Gasteiger partial charge is 0.309 e. The highest BCUT2D eigenvalue weighted by Gasteiger charge is 2.45. The number of rotatable bonds is 0. The van der Waals surface area contributed by atoms with E-state index in [-0.39, 0.29) is 23.9 Å². The minimum atomic E-state index is -0.686. The number of allylic oxidation sites excluding steroid dienone is 1. The van der Waals surface area contributed by atoms with Crippen molar-refractivity contribution in [1.29, 1.82) is 0 Å². The summed E-state index contributed by atoms with van der Waals surface area (Å²) in [5, 5.41) is 20.3. The van der Waals surface area contributed by atoms with Crippen LogP contribution in [0.3, 0.4) is 0 Å². The van der Waals surface area contributed by atoms with Crippen molar-refractivity contribution in [2.45, 2.75) is 51.4 Å². The van der Waals surface area contributed by atoms with Gasteiger partial charge in [-0.3, -0.25) is 4.79 Å². The number of aliphatic hydroxyl groups excluding tert-OH is 2. The fourth-order valence-electron chi connectivity index (χ4n) is 2.96. The average Bonchev–Trinajstić information content (AvgIpc) is 2.60. The van der Waals surface area contributed by atoms with E-state index in [9.17, 15) is 15.0 Å². The zero-order valence-electron chi connectivity index (χ0n) is 11.5. The number of aliphatic hydroxyl groups is 2. The van der Waals surface area contributed by atoms with Crippen LogP contribution in [0, 0.1) is 11.8 Å². The molecular weight excluding hydrogens is 244 g/mol. The van der Waals surface area contributed by atoms with Gasteiger partial charge in [-0.2, -0.15) is 0 Å². The lowest BCUT2D eigenvalue weighted by atomic mass is 9.81. The first-order valence-corrected chi connectivity index (χ1v) is 6.81. The predicted octanol–water partition coefficient (Wildman–Crippen LogP) is 1.57.